The normalized spacial score (nSPS) is 13.6. The molecule has 146 heavy (non-hydrogen) atoms. The standard InChI is InChI=1S/C19H19ClN2O3S.C18H17ClN2O3S.C18H16F4N2OS.C18H17N3OS.2C17H16Cl2N2OS/c1-12-5-3-6-13-7-4-8-22(17(12)13)16(23)11-26-18-15(20)9-14(10-21-18)19(24)25-2;1-11-4-2-5-12-6-3-7-21(16(11)12)15(22)10-25-17-14(19)8-13(9-20-17)18(23)24;1-11-4-2-5-12-6-3-7-24(16(11)12)15(25)10-26-17-14(19)8-13(9-23-17)18(20,21)22;1-13-5-2-6-14-8-4-10-21(17(13)14)16(22)12-23-18-15(11-19)7-3-9-20-18;2*1-11-4-2-5-12-6-3-7-21(16(11)12)15(22)10-23-17-14(19)8-13(18)9-20-17/h3,5-6,9-10H,4,7-8,11H2,1-2H3;2,4-5,8-9H,3,6-7,10H2,1H3,(H,23,24);2,4-5,8-9H,3,6-7,10H2,1H3;2-3,5-7,9H,4,8,10,12H2,1H3;2*2,4-5,8-9H,3,6-7,10H2,1H3. The Bertz CT molecular complexity index is 6790. The summed E-state index contributed by atoms with van der Waals surface area (Å²) in [6.45, 7) is 16.4. The number of halogens is 10. The highest BCUT2D eigenvalue weighted by Gasteiger charge is 2.35. The lowest BCUT2D eigenvalue weighted by molar-refractivity contribution is -0.138. The maximum absolute atomic E-state index is 13.9. The van der Waals surface area contributed by atoms with Gasteiger partial charge in [-0.1, -0.05) is 249 Å². The number of fused-ring (bicyclic) bond motifs is 6. The van der Waals surface area contributed by atoms with Gasteiger partial charge in [-0.25, -0.2) is 43.9 Å². The monoisotopic (exact) mass is 2210 g/mol. The lowest BCUT2D eigenvalue weighted by Crippen LogP contribution is -2.37. The number of hydrogen-bond donors (Lipinski definition) is 1. The summed E-state index contributed by atoms with van der Waals surface area (Å²) >= 11 is 43.5. The molecular weight excluding hydrogens is 2110 g/mol. The predicted molar refractivity (Wildman–Crippen MR) is 579 cm³/mol. The molecule has 1 N–H and O–H groups in total. The van der Waals surface area contributed by atoms with Gasteiger partial charge in [0.15, 0.2) is 5.82 Å². The summed E-state index contributed by atoms with van der Waals surface area (Å²) in [4.78, 5) is 134. The molecule has 760 valence electrons. The number of carboxylic acids is 1. The van der Waals surface area contributed by atoms with Crippen molar-refractivity contribution in [3.63, 3.8) is 0 Å². The van der Waals surface area contributed by atoms with E-state index in [2.05, 4.69) is 97.0 Å². The van der Waals surface area contributed by atoms with Crippen LogP contribution in [-0.2, 0) is 78.2 Å². The second-order valence-corrected chi connectivity index (χ2v) is 42.6. The van der Waals surface area contributed by atoms with Crippen molar-refractivity contribution in [1.82, 2.24) is 29.9 Å². The summed E-state index contributed by atoms with van der Waals surface area (Å²) < 4.78 is 56.2. The van der Waals surface area contributed by atoms with E-state index in [1.807, 2.05) is 119 Å². The van der Waals surface area contributed by atoms with E-state index < -0.39 is 29.5 Å². The maximum atomic E-state index is 13.9. The van der Waals surface area contributed by atoms with Crippen LogP contribution in [0.2, 0.25) is 30.1 Å². The van der Waals surface area contributed by atoms with Gasteiger partial charge >= 0.3 is 18.1 Å². The van der Waals surface area contributed by atoms with E-state index in [-0.39, 0.29) is 73.9 Å². The Hall–Kier alpha value is -11.0. The fraction of sp³-hybridized carbons (Fsp3) is 0.299. The van der Waals surface area contributed by atoms with Gasteiger partial charge in [-0.05, 0) is 228 Å². The molecule has 6 aliphatic heterocycles. The van der Waals surface area contributed by atoms with Crippen molar-refractivity contribution in [3.05, 3.63) is 314 Å². The molecular formula is C107H101Cl6F4N13O10S6. The van der Waals surface area contributed by atoms with Crippen LogP contribution in [-0.4, -0.2) is 163 Å². The molecule has 0 spiro atoms. The highest BCUT2D eigenvalue weighted by Crippen LogP contribution is 2.42. The molecule has 0 atom stereocenters. The lowest BCUT2D eigenvalue weighted by atomic mass is 9.98. The second-order valence-electron chi connectivity index (χ2n) is 34.3. The minimum Gasteiger partial charge on any atom is -0.478 e. The van der Waals surface area contributed by atoms with Crippen molar-refractivity contribution in [2.45, 2.75) is 155 Å². The number of carbonyl (C=O) groups excluding carboxylic acids is 7. The van der Waals surface area contributed by atoms with E-state index in [0.29, 0.717) is 98.4 Å². The number of ether oxygens (including phenoxy) is 1. The summed E-state index contributed by atoms with van der Waals surface area (Å²) in [5.74, 6) is -1.36. The number of carbonyl (C=O) groups is 8. The molecule has 12 heterocycles. The number of esters is 1. The Morgan fingerprint density at radius 1 is 0.363 bits per heavy atom. The number of nitriles is 1. The third-order valence-electron chi connectivity index (χ3n) is 24.2. The molecule has 0 fully saturated rings. The molecule has 0 unspecified atom stereocenters. The molecule has 6 aromatic carbocycles. The number of hydrogen-bond acceptors (Lipinski definition) is 22. The van der Waals surface area contributed by atoms with Crippen LogP contribution in [0.15, 0.2) is 219 Å². The number of aromatic nitrogens is 6. The molecule has 6 aliphatic rings. The highest BCUT2D eigenvalue weighted by molar-refractivity contribution is 8.01. The molecule has 6 aromatic heterocycles. The largest absolute Gasteiger partial charge is 0.478 e. The predicted octanol–water partition coefficient (Wildman–Crippen LogP) is 25.2. The quantitative estimate of drug-likeness (QED) is 0.0421. The summed E-state index contributed by atoms with van der Waals surface area (Å²) in [7, 11) is 1.30. The maximum Gasteiger partial charge on any atom is 0.417 e. The van der Waals surface area contributed by atoms with Gasteiger partial charge in [0.05, 0.1) is 94.0 Å². The number of aromatic carboxylic acids is 1. The molecule has 6 amide bonds. The highest BCUT2D eigenvalue weighted by atomic mass is 35.5. The number of carboxylic acid groups (broad SMARTS) is 1. The minimum atomic E-state index is -4.65. The SMILES string of the molecule is COC(=O)c1cnc(SCC(=O)N2CCCc3cccc(C)c32)c(Cl)c1.Cc1cccc2c1N(C(=O)CSc1ncc(C(=O)O)cc1Cl)CCC2.Cc1cccc2c1N(C(=O)CSc1ncc(C(F)(F)F)cc1F)CCC2.Cc1cccc2c1N(C(=O)CSc1ncc(Cl)cc1Cl)CCC2.Cc1cccc2c1N(C(=O)CSc1ncc(Cl)cc1Cl)CCC2.Cc1cccc2c1N(C(=O)CSc1ncccc1C#N)CCC2. The van der Waals surface area contributed by atoms with E-state index in [0.717, 1.165) is 188 Å². The first-order valence-corrected chi connectivity index (χ1v) is 54.7. The smallest absolute Gasteiger partial charge is 0.417 e. The van der Waals surface area contributed by atoms with Gasteiger partial charge in [-0.2, -0.15) is 18.4 Å². The Morgan fingerprint density at radius 3 is 0.897 bits per heavy atom. The number of alkyl halides is 3. The van der Waals surface area contributed by atoms with Crippen LogP contribution in [0.1, 0.15) is 137 Å². The van der Waals surface area contributed by atoms with E-state index >= 15 is 0 Å². The van der Waals surface area contributed by atoms with Crippen LogP contribution in [0.3, 0.4) is 0 Å². The average Bonchev–Trinajstić information content (AvgIpc) is 0.815. The Labute approximate surface area is 900 Å². The van der Waals surface area contributed by atoms with Gasteiger partial charge in [0.1, 0.15) is 36.2 Å². The Morgan fingerprint density at radius 2 is 0.630 bits per heavy atom. The van der Waals surface area contributed by atoms with E-state index in [9.17, 15) is 55.9 Å². The number of anilines is 6. The van der Waals surface area contributed by atoms with Gasteiger partial charge in [0.25, 0.3) is 0 Å². The number of methoxy groups -OCH3 is 1. The van der Waals surface area contributed by atoms with Crippen LogP contribution in [0, 0.1) is 58.7 Å². The van der Waals surface area contributed by atoms with E-state index in [1.165, 1.54) is 118 Å². The third kappa shape index (κ3) is 29.4. The first kappa shape index (κ1) is 112. The summed E-state index contributed by atoms with van der Waals surface area (Å²) in [6, 6.07) is 48.8. The van der Waals surface area contributed by atoms with Crippen molar-refractivity contribution >= 4 is 222 Å². The zero-order chi connectivity index (χ0) is 105. The van der Waals surface area contributed by atoms with Gasteiger partial charge < -0.3 is 39.2 Å². The number of thioether (sulfide) groups is 6. The minimum absolute atomic E-state index is 0.000396. The summed E-state index contributed by atoms with van der Waals surface area (Å²) in [6.07, 6.45) is 15.0. The van der Waals surface area contributed by atoms with Crippen LogP contribution in [0.25, 0.3) is 0 Å². The Kier molecular flexibility index (Phi) is 40.9. The van der Waals surface area contributed by atoms with Crippen LogP contribution >= 0.6 is 140 Å². The number of para-hydroxylation sites is 6. The van der Waals surface area contributed by atoms with Crippen LogP contribution < -0.4 is 29.4 Å². The second kappa shape index (κ2) is 53.3. The van der Waals surface area contributed by atoms with Crippen molar-refractivity contribution in [1.29, 1.82) is 5.26 Å². The molecule has 12 aromatic rings. The zero-order valence-electron chi connectivity index (χ0n) is 80.5. The number of rotatable bonds is 20. The van der Waals surface area contributed by atoms with Crippen molar-refractivity contribution < 1.29 is 65.8 Å². The number of pyridine rings is 6. The topological polar surface area (TPSA) is 287 Å². The van der Waals surface area contributed by atoms with Crippen LogP contribution in [0.5, 0.6) is 0 Å². The third-order valence-corrected chi connectivity index (χ3v) is 32.1. The molecule has 0 aliphatic carbocycles. The molecule has 0 radical (unpaired) electrons. The molecule has 18 rings (SSSR count). The molecule has 0 bridgehead atoms. The van der Waals surface area contributed by atoms with E-state index in [4.69, 9.17) is 80.0 Å². The molecule has 39 heteroatoms. The zero-order valence-corrected chi connectivity index (χ0v) is 90.0. The van der Waals surface area contributed by atoms with Gasteiger partial charge in [-0.15, -0.1) is 0 Å². The van der Waals surface area contributed by atoms with Crippen molar-refractivity contribution in [2.24, 2.45) is 0 Å². The van der Waals surface area contributed by atoms with Crippen molar-refractivity contribution in [3.8, 4) is 6.07 Å². The summed E-state index contributed by atoms with van der Waals surface area (Å²) in [5, 5.41) is 23.2. The molecule has 0 saturated carbocycles. The molecule has 23 nitrogen and oxygen atoms in total. The van der Waals surface area contributed by atoms with E-state index in [1.54, 1.807) is 47.8 Å². The first-order valence-electron chi connectivity index (χ1n) is 46.5. The number of amides is 6. The van der Waals surface area contributed by atoms with Crippen molar-refractivity contribution in [2.75, 3.05) is 110 Å². The average molecular weight is 2210 g/mol. The van der Waals surface area contributed by atoms with Gasteiger partial charge in [0, 0.05) is 111 Å². The number of benzene rings is 6. The fourth-order valence-electron chi connectivity index (χ4n) is 17.5. The van der Waals surface area contributed by atoms with Gasteiger partial charge in [-0.3, -0.25) is 28.8 Å². The number of nitrogens with zero attached hydrogens (tertiary/aromatic N) is 13. The fourth-order valence-corrected chi connectivity index (χ4v) is 23.8. The van der Waals surface area contributed by atoms with Crippen LogP contribution in [0.4, 0.5) is 51.7 Å². The number of aryl methyl sites for hydroxylation is 12. The summed E-state index contributed by atoms with van der Waals surface area (Å²) in [5.41, 5.74) is 19.7. The lowest BCUT2D eigenvalue weighted by Gasteiger charge is -2.31. The van der Waals surface area contributed by atoms with Gasteiger partial charge in [0.2, 0.25) is 35.4 Å². The first-order chi connectivity index (χ1) is 70.1. The molecule has 0 saturated heterocycles. The Balaban J connectivity index is 0.000000147.